The average molecular weight is 649 g/mol. The summed E-state index contributed by atoms with van der Waals surface area (Å²) in [5.41, 5.74) is 14.4. The number of phenolic OH excluding ortho intramolecular Hbond substituents is 1. The van der Waals surface area contributed by atoms with Gasteiger partial charge in [0.05, 0.1) is 30.9 Å². The third kappa shape index (κ3) is 6.71. The summed E-state index contributed by atoms with van der Waals surface area (Å²) in [6, 6.07) is 9.09. The van der Waals surface area contributed by atoms with Crippen molar-refractivity contribution in [3.05, 3.63) is 93.8 Å². The predicted octanol–water partition coefficient (Wildman–Crippen LogP) is 4.28. The minimum absolute atomic E-state index is 0.00529. The number of aliphatic imine (C=N–C) groups is 1. The number of carbonyl (C=O) groups is 1. The van der Waals surface area contributed by atoms with E-state index in [1.807, 2.05) is 23.2 Å². The van der Waals surface area contributed by atoms with Gasteiger partial charge in [-0.2, -0.15) is 0 Å². The van der Waals surface area contributed by atoms with Crippen molar-refractivity contribution in [2.45, 2.75) is 82.9 Å². The van der Waals surface area contributed by atoms with Crippen molar-refractivity contribution in [3.8, 4) is 23.3 Å². The molecule has 0 aromatic heterocycles. The van der Waals surface area contributed by atoms with Crippen LogP contribution in [0, 0.1) is 23.7 Å². The third-order valence-corrected chi connectivity index (χ3v) is 10.3. The van der Waals surface area contributed by atoms with Gasteiger partial charge in [-0.3, -0.25) is 15.1 Å². The van der Waals surface area contributed by atoms with Crippen LogP contribution in [-0.2, 0) is 24.1 Å². The number of allylic oxidation sites excluding steroid dienone is 2. The largest absolute Gasteiger partial charge is 0.504 e. The molecule has 0 saturated heterocycles. The Kier molecular flexibility index (Phi) is 9.25. The Bertz CT molecular complexity index is 1780. The first-order chi connectivity index (χ1) is 23.2. The number of Topliss-reactive ketones (excluding diaryl/α,β-unsaturated/α-hetero) is 1. The fourth-order valence-electron chi connectivity index (χ4n) is 7.48. The van der Waals surface area contributed by atoms with Crippen LogP contribution < -0.4 is 15.8 Å². The Morgan fingerprint density at radius 1 is 1.19 bits per heavy atom. The first-order valence-corrected chi connectivity index (χ1v) is 17.1. The van der Waals surface area contributed by atoms with E-state index in [4.69, 9.17) is 15.5 Å². The molecule has 6 atom stereocenters. The van der Waals surface area contributed by atoms with Gasteiger partial charge < -0.3 is 30.7 Å². The number of benzene rings is 2. The van der Waals surface area contributed by atoms with Gasteiger partial charge in [-0.05, 0) is 77.1 Å². The molecular weight excluding hydrogens is 604 g/mol. The molecule has 6 N–H and O–H groups in total. The van der Waals surface area contributed by atoms with E-state index in [1.54, 1.807) is 18.2 Å². The number of fused-ring (bicyclic) bond motifs is 4. The molecule has 7 rings (SSSR count). The number of carbonyl (C=O) groups excluding carboxylic acids is 1. The van der Waals surface area contributed by atoms with Crippen molar-refractivity contribution in [2.75, 3.05) is 13.1 Å². The Morgan fingerprint density at radius 3 is 2.88 bits per heavy atom. The molecule has 250 valence electrons. The van der Waals surface area contributed by atoms with Gasteiger partial charge in [0.1, 0.15) is 11.9 Å². The summed E-state index contributed by atoms with van der Waals surface area (Å²) in [6.45, 7) is 3.47. The molecule has 2 aromatic rings. The van der Waals surface area contributed by atoms with Crippen molar-refractivity contribution in [2.24, 2.45) is 22.6 Å². The summed E-state index contributed by atoms with van der Waals surface area (Å²) in [4.78, 5) is 19.6. The Labute approximate surface area is 281 Å². The van der Waals surface area contributed by atoms with E-state index >= 15 is 0 Å². The van der Waals surface area contributed by atoms with E-state index < -0.39 is 18.4 Å². The minimum Gasteiger partial charge on any atom is -0.504 e. The van der Waals surface area contributed by atoms with Crippen molar-refractivity contribution in [3.63, 3.8) is 0 Å². The van der Waals surface area contributed by atoms with Crippen LogP contribution in [0.5, 0.6) is 11.5 Å². The number of nitrogens with one attached hydrogen (secondary N) is 1. The average Bonchev–Trinajstić information content (AvgIpc) is 3.66. The van der Waals surface area contributed by atoms with Crippen LogP contribution in [0.15, 0.2) is 71.0 Å². The number of aliphatic hydroxyl groups is 2. The lowest BCUT2D eigenvalue weighted by molar-refractivity contribution is -0.121. The highest BCUT2D eigenvalue weighted by Crippen LogP contribution is 2.37. The molecule has 0 spiro atoms. The van der Waals surface area contributed by atoms with Crippen LogP contribution >= 0.6 is 0 Å². The number of hydrogen-bond donors (Lipinski definition) is 5. The van der Waals surface area contributed by atoms with Crippen molar-refractivity contribution in [1.82, 2.24) is 10.2 Å². The zero-order chi connectivity index (χ0) is 33.4. The topological polar surface area (TPSA) is 141 Å². The molecule has 9 heteroatoms. The number of ether oxygens (including phenoxy) is 1. The summed E-state index contributed by atoms with van der Waals surface area (Å²) in [5.74, 6) is 7.07. The van der Waals surface area contributed by atoms with Crippen LogP contribution in [0.25, 0.3) is 0 Å². The highest BCUT2D eigenvalue weighted by molar-refractivity contribution is 6.09. The number of nitrogens with two attached hydrogens (primary N) is 1. The molecule has 2 bridgehead atoms. The normalized spacial score (nSPS) is 26.5. The van der Waals surface area contributed by atoms with Crippen molar-refractivity contribution >= 4 is 11.5 Å². The smallest absolute Gasteiger partial charge is 0.183 e. The van der Waals surface area contributed by atoms with E-state index in [2.05, 4.69) is 42.4 Å². The van der Waals surface area contributed by atoms with Gasteiger partial charge in [-0.25, -0.2) is 0 Å². The monoisotopic (exact) mass is 648 g/mol. The predicted molar refractivity (Wildman–Crippen MR) is 184 cm³/mol. The number of phenols is 1. The zero-order valence-corrected chi connectivity index (χ0v) is 27.4. The number of hydrogen-bond acceptors (Lipinski definition) is 9. The molecule has 5 aliphatic rings. The van der Waals surface area contributed by atoms with Crippen molar-refractivity contribution in [1.29, 1.82) is 0 Å². The highest BCUT2D eigenvalue weighted by atomic mass is 16.5. The summed E-state index contributed by atoms with van der Waals surface area (Å²) in [5, 5.41) is 36.1. The van der Waals surface area contributed by atoms with Gasteiger partial charge >= 0.3 is 0 Å². The van der Waals surface area contributed by atoms with Crippen LogP contribution in [0.2, 0.25) is 0 Å². The molecular formula is C39H44N4O5. The van der Waals surface area contributed by atoms with Gasteiger partial charge in [0.2, 0.25) is 0 Å². The first kappa shape index (κ1) is 32.4. The van der Waals surface area contributed by atoms with Crippen molar-refractivity contribution < 1.29 is 24.9 Å². The van der Waals surface area contributed by atoms with Gasteiger partial charge in [-0.1, -0.05) is 49.1 Å². The maximum atomic E-state index is 12.8. The van der Waals surface area contributed by atoms with E-state index in [-0.39, 0.29) is 36.5 Å². The number of aryl methyl sites for hydroxylation is 1. The fourth-order valence-corrected chi connectivity index (χ4v) is 7.48. The molecule has 2 aromatic carbocycles. The maximum Gasteiger partial charge on any atom is 0.183 e. The second-order valence-corrected chi connectivity index (χ2v) is 13.7. The Hall–Kier alpha value is -4.20. The number of rotatable bonds is 8. The third-order valence-electron chi connectivity index (χ3n) is 10.3. The minimum atomic E-state index is -0.981. The molecule has 4 heterocycles. The van der Waals surface area contributed by atoms with Gasteiger partial charge in [-0.15, -0.1) is 0 Å². The summed E-state index contributed by atoms with van der Waals surface area (Å²) >= 11 is 0. The Morgan fingerprint density at radius 2 is 2.04 bits per heavy atom. The molecule has 4 aliphatic heterocycles. The summed E-state index contributed by atoms with van der Waals surface area (Å²) in [7, 11) is 0. The quantitative estimate of drug-likeness (QED) is 0.211. The van der Waals surface area contributed by atoms with Crippen LogP contribution in [-0.4, -0.2) is 57.1 Å². The molecule has 0 unspecified atom stereocenters. The van der Waals surface area contributed by atoms with E-state index in [1.165, 1.54) is 5.56 Å². The zero-order valence-electron chi connectivity index (χ0n) is 27.4. The second kappa shape index (κ2) is 13.7. The molecule has 0 fully saturated rings. The van der Waals surface area contributed by atoms with E-state index in [0.717, 1.165) is 64.9 Å². The summed E-state index contributed by atoms with van der Waals surface area (Å²) < 4.78 is 6.44. The number of ketones is 1. The molecule has 0 radical (unpaired) electrons. The SMILES string of the molecule is C[C@H]1C=C[C@H]([C@@H](O)CC(=O)CCc2ccc(O)c(O[C@@H]3CC#C[C@H](O)c4ccc5c(c4CC4=CN=C6CN3C=C46)CCN[C@H]5N)c2)CC1. The van der Waals surface area contributed by atoms with E-state index in [0.29, 0.717) is 37.5 Å². The van der Waals surface area contributed by atoms with E-state index in [9.17, 15) is 20.1 Å². The molecule has 0 saturated carbocycles. The lowest BCUT2D eigenvalue weighted by Crippen LogP contribution is -2.36. The Balaban J connectivity index is 1.08. The lowest BCUT2D eigenvalue weighted by Gasteiger charge is -2.29. The lowest BCUT2D eigenvalue weighted by atomic mass is 9.84. The molecule has 9 nitrogen and oxygen atoms in total. The van der Waals surface area contributed by atoms with Gasteiger partial charge in [0.15, 0.2) is 17.7 Å². The standard InChI is InChI=1S/C39H44N4O5/c1-23-5-9-25(10-6-23)36(47)19-27(44)11-7-24-8-14-35(46)37(17-24)48-38-4-2-3-34(45)29-12-13-30-28(15-16-41-39(30)40)31(29)18-26-20-42-33-22-43(38)21-32(26)33/h5,8-9,12-14,17,20-21,23,25,34,36,38-39,41,45-47H,4,6-7,10-11,15-16,18-19,22,40H2,1H3/t23-,25-,34-,36-,38+,39+/m0/s1. The number of nitrogens with zero attached hydrogens (tertiary/aromatic N) is 2. The maximum absolute atomic E-state index is 12.8. The molecule has 48 heavy (non-hydrogen) atoms. The second-order valence-electron chi connectivity index (χ2n) is 13.7. The molecule has 1 aliphatic carbocycles. The highest BCUT2D eigenvalue weighted by Gasteiger charge is 2.33. The number of aromatic hydroxyl groups is 1. The molecule has 0 amide bonds. The summed E-state index contributed by atoms with van der Waals surface area (Å²) in [6.07, 6.45) is 10.3. The van der Waals surface area contributed by atoms with Crippen LogP contribution in [0.4, 0.5) is 0 Å². The van der Waals surface area contributed by atoms with Crippen LogP contribution in [0.3, 0.4) is 0 Å². The first-order valence-electron chi connectivity index (χ1n) is 17.1. The fraction of sp³-hybridized carbons (Fsp3) is 0.436. The van der Waals surface area contributed by atoms with Crippen LogP contribution in [0.1, 0.15) is 79.1 Å². The number of aliphatic hydroxyl groups excluding tert-OH is 2. The van der Waals surface area contributed by atoms with Gasteiger partial charge in [0, 0.05) is 49.7 Å². The van der Waals surface area contributed by atoms with Gasteiger partial charge in [0.25, 0.3) is 0 Å².